The molecular weight excluding hydrogens is 398 g/mol. The van der Waals surface area contributed by atoms with E-state index in [1.807, 2.05) is 30.3 Å². The van der Waals surface area contributed by atoms with E-state index in [1.165, 1.54) is 16.8 Å². The number of likely N-dealkylation sites (N-methyl/N-ethyl adjacent to an activating group) is 1. The molecule has 2 aromatic carbocycles. The summed E-state index contributed by atoms with van der Waals surface area (Å²) in [6.07, 6.45) is 0. The van der Waals surface area contributed by atoms with Gasteiger partial charge in [0, 0.05) is 68.1 Å². The topological polar surface area (TPSA) is 57.9 Å². The van der Waals surface area contributed by atoms with E-state index in [4.69, 9.17) is 15.5 Å². The van der Waals surface area contributed by atoms with Crippen LogP contribution in [-0.4, -0.2) is 74.3 Å². The van der Waals surface area contributed by atoms with Crippen molar-refractivity contribution in [3.63, 3.8) is 0 Å². The first kappa shape index (κ1) is 21.2. The molecule has 0 aliphatic carbocycles. The highest BCUT2D eigenvalue weighted by Gasteiger charge is 2.22. The molecule has 2 saturated heterocycles. The molecule has 5 rings (SSSR count). The highest BCUT2D eigenvalue weighted by atomic mass is 16.5. The SMILES string of the molecule is Cc1cc(-c2cc(N)c3ccccc3n2)cc(CN2CCOCC2)c1N1CCN(C)CC1. The van der Waals surface area contributed by atoms with Gasteiger partial charge in [-0.25, -0.2) is 4.98 Å². The number of morpholine rings is 1. The number of rotatable bonds is 4. The van der Waals surface area contributed by atoms with E-state index in [9.17, 15) is 0 Å². The van der Waals surface area contributed by atoms with E-state index >= 15 is 0 Å². The van der Waals surface area contributed by atoms with Crippen LogP contribution in [0.15, 0.2) is 42.5 Å². The number of nitrogens with zero attached hydrogens (tertiary/aromatic N) is 4. The zero-order valence-electron chi connectivity index (χ0n) is 19.2. The van der Waals surface area contributed by atoms with Gasteiger partial charge in [-0.2, -0.15) is 0 Å². The van der Waals surface area contributed by atoms with Crippen molar-refractivity contribution in [2.24, 2.45) is 0 Å². The highest BCUT2D eigenvalue weighted by molar-refractivity contribution is 5.92. The zero-order chi connectivity index (χ0) is 22.1. The zero-order valence-corrected chi connectivity index (χ0v) is 19.2. The molecule has 6 heteroatoms. The Labute approximate surface area is 190 Å². The first-order valence-corrected chi connectivity index (χ1v) is 11.6. The lowest BCUT2D eigenvalue weighted by atomic mass is 9.98. The van der Waals surface area contributed by atoms with E-state index in [2.05, 4.69) is 40.8 Å². The summed E-state index contributed by atoms with van der Waals surface area (Å²) in [4.78, 5) is 12.4. The normalized spacial score (nSPS) is 18.4. The molecule has 0 saturated carbocycles. The Morgan fingerprint density at radius 2 is 1.72 bits per heavy atom. The monoisotopic (exact) mass is 431 g/mol. The molecule has 2 fully saturated rings. The Balaban J connectivity index is 1.57. The van der Waals surface area contributed by atoms with Crippen LogP contribution in [0.1, 0.15) is 11.1 Å². The number of para-hydroxylation sites is 1. The van der Waals surface area contributed by atoms with E-state index in [0.29, 0.717) is 0 Å². The van der Waals surface area contributed by atoms with Gasteiger partial charge in [-0.1, -0.05) is 18.2 Å². The molecule has 0 unspecified atom stereocenters. The van der Waals surface area contributed by atoms with Crippen LogP contribution in [0.4, 0.5) is 11.4 Å². The minimum absolute atomic E-state index is 0.779. The van der Waals surface area contributed by atoms with Gasteiger partial charge in [0.15, 0.2) is 0 Å². The van der Waals surface area contributed by atoms with Gasteiger partial charge in [-0.05, 0) is 49.4 Å². The molecule has 2 N–H and O–H groups in total. The molecule has 0 bridgehead atoms. The smallest absolute Gasteiger partial charge is 0.0730 e. The van der Waals surface area contributed by atoms with Crippen molar-refractivity contribution in [1.82, 2.24) is 14.8 Å². The van der Waals surface area contributed by atoms with Crippen molar-refractivity contribution in [1.29, 1.82) is 0 Å². The van der Waals surface area contributed by atoms with Crippen molar-refractivity contribution in [3.05, 3.63) is 53.6 Å². The number of ether oxygens (including phenoxy) is 1. The Bertz CT molecular complexity index is 1100. The van der Waals surface area contributed by atoms with Crippen LogP contribution in [0, 0.1) is 6.92 Å². The van der Waals surface area contributed by atoms with E-state index in [1.54, 1.807) is 0 Å². The van der Waals surface area contributed by atoms with Gasteiger partial charge in [-0.15, -0.1) is 0 Å². The van der Waals surface area contributed by atoms with Crippen LogP contribution in [0.3, 0.4) is 0 Å². The van der Waals surface area contributed by atoms with Crippen molar-refractivity contribution in [2.45, 2.75) is 13.5 Å². The fraction of sp³-hybridized carbons (Fsp3) is 0.423. The third-order valence-electron chi connectivity index (χ3n) is 6.74. The number of nitrogen functional groups attached to an aromatic ring is 1. The maximum absolute atomic E-state index is 6.40. The largest absolute Gasteiger partial charge is 0.398 e. The van der Waals surface area contributed by atoms with Gasteiger partial charge < -0.3 is 20.3 Å². The summed E-state index contributed by atoms with van der Waals surface area (Å²) in [6.45, 7) is 11.1. The second-order valence-corrected chi connectivity index (χ2v) is 9.09. The average Bonchev–Trinajstić information content (AvgIpc) is 2.80. The van der Waals surface area contributed by atoms with Crippen LogP contribution in [0.2, 0.25) is 0 Å². The van der Waals surface area contributed by atoms with Gasteiger partial charge in [0.2, 0.25) is 0 Å². The lowest BCUT2D eigenvalue weighted by Gasteiger charge is -2.37. The van der Waals surface area contributed by atoms with Gasteiger partial charge in [0.1, 0.15) is 0 Å². The van der Waals surface area contributed by atoms with Gasteiger partial charge >= 0.3 is 0 Å². The van der Waals surface area contributed by atoms with E-state index in [-0.39, 0.29) is 0 Å². The van der Waals surface area contributed by atoms with Crippen molar-refractivity contribution in [3.8, 4) is 11.3 Å². The summed E-state index contributed by atoms with van der Waals surface area (Å²) in [7, 11) is 2.21. The van der Waals surface area contributed by atoms with Crippen molar-refractivity contribution >= 4 is 22.3 Å². The van der Waals surface area contributed by atoms with Crippen molar-refractivity contribution < 1.29 is 4.74 Å². The minimum Gasteiger partial charge on any atom is -0.398 e. The number of hydrogen-bond donors (Lipinski definition) is 1. The molecule has 0 radical (unpaired) electrons. The number of aryl methyl sites for hydroxylation is 1. The molecule has 2 aliphatic rings. The summed E-state index contributed by atoms with van der Waals surface area (Å²) in [6, 6.07) is 14.7. The molecule has 0 atom stereocenters. The fourth-order valence-corrected chi connectivity index (χ4v) is 4.95. The van der Waals surface area contributed by atoms with E-state index in [0.717, 1.165) is 86.9 Å². The van der Waals surface area contributed by atoms with Gasteiger partial charge in [0.25, 0.3) is 0 Å². The second-order valence-electron chi connectivity index (χ2n) is 9.09. The number of aromatic nitrogens is 1. The number of hydrogen-bond acceptors (Lipinski definition) is 6. The molecule has 3 heterocycles. The summed E-state index contributed by atoms with van der Waals surface area (Å²) in [5.41, 5.74) is 14.3. The summed E-state index contributed by atoms with van der Waals surface area (Å²) in [5, 5.41) is 1.01. The molecule has 2 aliphatic heterocycles. The van der Waals surface area contributed by atoms with Crippen LogP contribution in [0.5, 0.6) is 0 Å². The van der Waals surface area contributed by atoms with Crippen LogP contribution in [0.25, 0.3) is 22.2 Å². The lowest BCUT2D eigenvalue weighted by molar-refractivity contribution is 0.0342. The predicted molar refractivity (Wildman–Crippen MR) is 132 cm³/mol. The summed E-state index contributed by atoms with van der Waals surface area (Å²) >= 11 is 0. The molecular formula is C26H33N5O. The molecule has 0 amide bonds. The molecule has 6 nitrogen and oxygen atoms in total. The average molecular weight is 432 g/mol. The number of anilines is 2. The maximum Gasteiger partial charge on any atom is 0.0730 e. The highest BCUT2D eigenvalue weighted by Crippen LogP contribution is 2.34. The Morgan fingerprint density at radius 1 is 0.969 bits per heavy atom. The standard InChI is InChI=1S/C26H33N5O/c1-19-15-20(25-17-23(27)22-5-3-4-6-24(22)28-25)16-21(18-30-11-13-32-14-12-30)26(19)31-9-7-29(2)8-10-31/h3-6,15-17H,7-14,18H2,1-2H3,(H2,27,28). The fourth-order valence-electron chi connectivity index (χ4n) is 4.95. The lowest BCUT2D eigenvalue weighted by Crippen LogP contribution is -2.45. The maximum atomic E-state index is 6.40. The number of fused-ring (bicyclic) bond motifs is 1. The van der Waals surface area contributed by atoms with Crippen LogP contribution in [-0.2, 0) is 11.3 Å². The molecule has 32 heavy (non-hydrogen) atoms. The van der Waals surface area contributed by atoms with Gasteiger partial charge in [-0.3, -0.25) is 4.90 Å². The predicted octanol–water partition coefficient (Wildman–Crippen LogP) is 3.38. The van der Waals surface area contributed by atoms with Crippen LogP contribution < -0.4 is 10.6 Å². The molecule has 1 aromatic heterocycles. The Hall–Kier alpha value is -2.67. The molecule has 0 spiro atoms. The Kier molecular flexibility index (Phi) is 6.00. The molecule has 168 valence electrons. The van der Waals surface area contributed by atoms with Gasteiger partial charge in [0.05, 0.1) is 24.4 Å². The first-order chi connectivity index (χ1) is 15.6. The third kappa shape index (κ3) is 4.31. The van der Waals surface area contributed by atoms with E-state index < -0.39 is 0 Å². The first-order valence-electron chi connectivity index (χ1n) is 11.6. The second kappa shape index (κ2) is 9.06. The van der Waals surface area contributed by atoms with Crippen molar-refractivity contribution in [2.75, 3.05) is 70.2 Å². The summed E-state index contributed by atoms with van der Waals surface area (Å²) < 4.78 is 5.59. The summed E-state index contributed by atoms with van der Waals surface area (Å²) in [5.74, 6) is 0. The number of benzene rings is 2. The van der Waals surface area contributed by atoms with Crippen LogP contribution >= 0.6 is 0 Å². The quantitative estimate of drug-likeness (QED) is 0.684. The molecule has 3 aromatic rings. The third-order valence-corrected chi connectivity index (χ3v) is 6.74. The minimum atomic E-state index is 0.779. The Morgan fingerprint density at radius 3 is 2.50 bits per heavy atom. The number of pyridine rings is 1. The number of nitrogens with two attached hydrogens (primary N) is 1. The number of piperazine rings is 1.